The molecule has 0 radical (unpaired) electrons. The van der Waals surface area contributed by atoms with Gasteiger partial charge in [-0.05, 0) is 56.4 Å². The molecule has 1 unspecified atom stereocenters. The van der Waals surface area contributed by atoms with Gasteiger partial charge in [0.25, 0.3) is 10.0 Å². The molecule has 0 amide bonds. The van der Waals surface area contributed by atoms with E-state index in [1.54, 1.807) is 24.3 Å². The molecular weight excluding hydrogens is 332 g/mol. The van der Waals surface area contributed by atoms with Gasteiger partial charge in [0.15, 0.2) is 5.13 Å². The summed E-state index contributed by atoms with van der Waals surface area (Å²) in [6.07, 6.45) is 3.03. The van der Waals surface area contributed by atoms with Crippen LogP contribution in [0.15, 0.2) is 29.2 Å². The van der Waals surface area contributed by atoms with E-state index in [0.29, 0.717) is 23.4 Å². The lowest BCUT2D eigenvalue weighted by atomic mass is 9.93. The summed E-state index contributed by atoms with van der Waals surface area (Å²) in [6.45, 7) is 4.65. The second-order valence-electron chi connectivity index (χ2n) is 5.75. The van der Waals surface area contributed by atoms with Gasteiger partial charge in [0.2, 0.25) is 0 Å². The standard InChI is InChI=1S/C16H20N2O3S2/c1-3-21-12-5-7-13(8-6-12)23(19,20)18-16-17-14-9-4-11(2)10-15(14)22-16/h5-8,11H,3-4,9-10H2,1-2H3,(H,17,18). The first-order chi connectivity index (χ1) is 11.0. The highest BCUT2D eigenvalue weighted by Crippen LogP contribution is 2.33. The van der Waals surface area contributed by atoms with Gasteiger partial charge in [-0.3, -0.25) is 4.72 Å². The molecular formula is C16H20N2O3S2. The molecule has 0 bridgehead atoms. The highest BCUT2D eigenvalue weighted by Gasteiger charge is 2.22. The van der Waals surface area contributed by atoms with Crippen LogP contribution in [0.2, 0.25) is 0 Å². The van der Waals surface area contributed by atoms with Crippen LogP contribution >= 0.6 is 11.3 Å². The summed E-state index contributed by atoms with van der Waals surface area (Å²) in [6, 6.07) is 6.41. The van der Waals surface area contributed by atoms with Crippen molar-refractivity contribution in [3.8, 4) is 5.75 Å². The smallest absolute Gasteiger partial charge is 0.263 e. The average Bonchev–Trinajstić information content (AvgIpc) is 2.88. The van der Waals surface area contributed by atoms with Gasteiger partial charge in [0, 0.05) is 4.88 Å². The Morgan fingerprint density at radius 3 is 2.78 bits per heavy atom. The Morgan fingerprint density at radius 2 is 2.09 bits per heavy atom. The molecule has 0 spiro atoms. The van der Waals surface area contributed by atoms with E-state index in [-0.39, 0.29) is 4.90 Å². The molecule has 3 rings (SSSR count). The lowest BCUT2D eigenvalue weighted by Gasteiger charge is -2.15. The third-order valence-electron chi connectivity index (χ3n) is 3.85. The van der Waals surface area contributed by atoms with E-state index in [1.807, 2.05) is 6.92 Å². The summed E-state index contributed by atoms with van der Waals surface area (Å²) in [7, 11) is -3.62. The van der Waals surface area contributed by atoms with Crippen molar-refractivity contribution in [1.82, 2.24) is 4.98 Å². The van der Waals surface area contributed by atoms with Gasteiger partial charge >= 0.3 is 0 Å². The van der Waals surface area contributed by atoms with E-state index in [4.69, 9.17) is 4.74 Å². The van der Waals surface area contributed by atoms with E-state index in [2.05, 4.69) is 16.6 Å². The number of thiazole rings is 1. The van der Waals surface area contributed by atoms with E-state index < -0.39 is 10.0 Å². The topological polar surface area (TPSA) is 68.3 Å². The molecule has 0 fully saturated rings. The zero-order valence-electron chi connectivity index (χ0n) is 13.2. The van der Waals surface area contributed by atoms with Gasteiger partial charge in [-0.1, -0.05) is 6.92 Å². The van der Waals surface area contributed by atoms with Crippen molar-refractivity contribution in [1.29, 1.82) is 0 Å². The molecule has 0 saturated heterocycles. The predicted molar refractivity (Wildman–Crippen MR) is 91.7 cm³/mol. The number of ether oxygens (including phenoxy) is 1. The molecule has 1 aliphatic rings. The van der Waals surface area contributed by atoms with E-state index >= 15 is 0 Å². The molecule has 5 nitrogen and oxygen atoms in total. The Labute approximate surface area is 140 Å². The third kappa shape index (κ3) is 3.67. The predicted octanol–water partition coefficient (Wildman–Crippen LogP) is 3.47. The zero-order chi connectivity index (χ0) is 16.4. The van der Waals surface area contributed by atoms with Gasteiger partial charge in [-0.15, -0.1) is 11.3 Å². The Kier molecular flexibility index (Phi) is 4.59. The molecule has 0 saturated carbocycles. The minimum Gasteiger partial charge on any atom is -0.494 e. The van der Waals surface area contributed by atoms with Crippen LogP contribution in [0.25, 0.3) is 0 Å². The summed E-state index contributed by atoms with van der Waals surface area (Å²) in [5.41, 5.74) is 1.04. The van der Waals surface area contributed by atoms with Crippen molar-refractivity contribution in [2.45, 2.75) is 38.0 Å². The van der Waals surface area contributed by atoms with Gasteiger partial charge in [0.1, 0.15) is 5.75 Å². The number of hydrogen-bond donors (Lipinski definition) is 1. The molecule has 1 atom stereocenters. The van der Waals surface area contributed by atoms with Crippen LogP contribution < -0.4 is 9.46 Å². The van der Waals surface area contributed by atoms with Gasteiger partial charge < -0.3 is 4.74 Å². The normalized spacial score (nSPS) is 17.6. The zero-order valence-corrected chi connectivity index (χ0v) is 14.8. The first-order valence-electron chi connectivity index (χ1n) is 7.72. The minimum atomic E-state index is -3.62. The molecule has 124 valence electrons. The summed E-state index contributed by atoms with van der Waals surface area (Å²) in [4.78, 5) is 5.86. The monoisotopic (exact) mass is 352 g/mol. The van der Waals surface area contributed by atoms with Crippen LogP contribution in [0, 0.1) is 5.92 Å². The number of sulfonamides is 1. The van der Waals surface area contributed by atoms with Crippen molar-refractivity contribution in [2.75, 3.05) is 11.3 Å². The van der Waals surface area contributed by atoms with Crippen molar-refractivity contribution in [3.63, 3.8) is 0 Å². The number of nitrogens with zero attached hydrogens (tertiary/aromatic N) is 1. The number of hydrogen-bond acceptors (Lipinski definition) is 5. The number of benzene rings is 1. The number of fused-ring (bicyclic) bond motifs is 1. The molecule has 1 heterocycles. The van der Waals surface area contributed by atoms with Gasteiger partial charge in [-0.25, -0.2) is 13.4 Å². The van der Waals surface area contributed by atoms with Gasteiger partial charge in [0.05, 0.1) is 17.2 Å². The largest absolute Gasteiger partial charge is 0.494 e. The maximum atomic E-state index is 12.5. The summed E-state index contributed by atoms with van der Waals surface area (Å²) >= 11 is 1.45. The number of aromatic nitrogens is 1. The number of rotatable bonds is 5. The van der Waals surface area contributed by atoms with Crippen LogP contribution in [-0.2, 0) is 22.9 Å². The highest BCUT2D eigenvalue weighted by atomic mass is 32.2. The molecule has 0 aliphatic heterocycles. The van der Waals surface area contributed by atoms with Crippen LogP contribution in [0.4, 0.5) is 5.13 Å². The second kappa shape index (κ2) is 6.49. The van der Waals surface area contributed by atoms with E-state index in [0.717, 1.165) is 25.0 Å². The average molecular weight is 352 g/mol. The molecule has 23 heavy (non-hydrogen) atoms. The maximum Gasteiger partial charge on any atom is 0.263 e. The van der Waals surface area contributed by atoms with Crippen LogP contribution in [0.1, 0.15) is 30.8 Å². The Hall–Kier alpha value is -1.60. The van der Waals surface area contributed by atoms with Gasteiger partial charge in [-0.2, -0.15) is 0 Å². The first kappa shape index (κ1) is 16.3. The van der Waals surface area contributed by atoms with Crippen LogP contribution in [0.5, 0.6) is 5.75 Å². The highest BCUT2D eigenvalue weighted by molar-refractivity contribution is 7.93. The fourth-order valence-corrected chi connectivity index (χ4v) is 5.05. The summed E-state index contributed by atoms with van der Waals surface area (Å²) < 4.78 is 32.9. The number of aryl methyl sites for hydroxylation is 1. The Morgan fingerprint density at radius 1 is 1.35 bits per heavy atom. The fourth-order valence-electron chi connectivity index (χ4n) is 2.64. The molecule has 1 aromatic carbocycles. The minimum absolute atomic E-state index is 0.211. The molecule has 2 aromatic rings. The van der Waals surface area contributed by atoms with Crippen molar-refractivity contribution >= 4 is 26.5 Å². The van der Waals surface area contributed by atoms with Crippen molar-refractivity contribution in [3.05, 3.63) is 34.8 Å². The fraction of sp³-hybridized carbons (Fsp3) is 0.438. The molecule has 1 N–H and O–H groups in total. The lowest BCUT2D eigenvalue weighted by Crippen LogP contribution is -2.13. The number of nitrogens with one attached hydrogen (secondary N) is 1. The number of anilines is 1. The molecule has 1 aliphatic carbocycles. The van der Waals surface area contributed by atoms with E-state index in [9.17, 15) is 8.42 Å². The molecule has 7 heteroatoms. The summed E-state index contributed by atoms with van der Waals surface area (Å²) in [5.74, 6) is 1.30. The maximum absolute atomic E-state index is 12.5. The third-order valence-corrected chi connectivity index (χ3v) is 6.37. The van der Waals surface area contributed by atoms with Crippen molar-refractivity contribution < 1.29 is 13.2 Å². The lowest BCUT2D eigenvalue weighted by molar-refractivity contribution is 0.340. The first-order valence-corrected chi connectivity index (χ1v) is 10.0. The SMILES string of the molecule is CCOc1ccc(S(=O)(=O)Nc2nc3c(s2)CC(C)CC3)cc1. The van der Waals surface area contributed by atoms with Crippen molar-refractivity contribution in [2.24, 2.45) is 5.92 Å². The molecule has 1 aromatic heterocycles. The Bertz CT molecular complexity index is 782. The Balaban J connectivity index is 1.78. The quantitative estimate of drug-likeness (QED) is 0.895. The van der Waals surface area contributed by atoms with E-state index in [1.165, 1.54) is 16.2 Å². The summed E-state index contributed by atoms with van der Waals surface area (Å²) in [5, 5.41) is 0.456. The second-order valence-corrected chi connectivity index (χ2v) is 8.51. The van der Waals surface area contributed by atoms with Crippen LogP contribution in [0.3, 0.4) is 0 Å². The van der Waals surface area contributed by atoms with Crippen LogP contribution in [-0.4, -0.2) is 20.0 Å².